The molecule has 5 heteroatoms. The summed E-state index contributed by atoms with van der Waals surface area (Å²) in [5.41, 5.74) is -1.52. The second kappa shape index (κ2) is 4.53. The normalized spacial score (nSPS) is 11.1. The number of rotatable bonds is 3. The fourth-order valence-corrected chi connectivity index (χ4v) is 1.34. The number of carboxylic acids is 1. The van der Waals surface area contributed by atoms with Gasteiger partial charge in [0.2, 0.25) is 5.91 Å². The van der Waals surface area contributed by atoms with Gasteiger partial charge in [0.25, 0.3) is 0 Å². The first-order valence-electron chi connectivity index (χ1n) is 5.04. The standard InChI is InChI=1S/C12H14FNO3/c1-12(2,11(16)17)10(15)14(3)9-7-5-4-6-8(9)13/h4-7H,1-3H3,(H,16,17). The number of anilines is 1. The second-order valence-electron chi connectivity index (χ2n) is 4.25. The molecule has 0 spiro atoms. The Balaban J connectivity index is 3.07. The third kappa shape index (κ3) is 2.43. The number of carboxylic acid groups (broad SMARTS) is 1. The van der Waals surface area contributed by atoms with Gasteiger partial charge in [0, 0.05) is 7.05 Å². The van der Waals surface area contributed by atoms with Crippen molar-refractivity contribution in [1.82, 2.24) is 0 Å². The Kier molecular flexibility index (Phi) is 3.50. The van der Waals surface area contributed by atoms with E-state index < -0.39 is 23.1 Å². The molecule has 1 N–H and O–H groups in total. The molecule has 17 heavy (non-hydrogen) atoms. The average Bonchev–Trinajstić information content (AvgIpc) is 2.27. The number of para-hydroxylation sites is 1. The maximum atomic E-state index is 13.4. The van der Waals surface area contributed by atoms with Gasteiger partial charge in [-0.1, -0.05) is 12.1 Å². The minimum atomic E-state index is -1.59. The van der Waals surface area contributed by atoms with Crippen LogP contribution < -0.4 is 4.90 Å². The molecule has 0 bridgehead atoms. The van der Waals surface area contributed by atoms with Gasteiger partial charge in [-0.3, -0.25) is 9.59 Å². The lowest BCUT2D eigenvalue weighted by Crippen LogP contribution is -2.43. The van der Waals surface area contributed by atoms with E-state index in [2.05, 4.69) is 0 Å². The predicted octanol–water partition coefficient (Wildman–Crippen LogP) is 1.90. The zero-order chi connectivity index (χ0) is 13.2. The maximum absolute atomic E-state index is 13.4. The fraction of sp³-hybridized carbons (Fsp3) is 0.333. The van der Waals surface area contributed by atoms with Crippen LogP contribution in [0.2, 0.25) is 0 Å². The summed E-state index contributed by atoms with van der Waals surface area (Å²) in [6.07, 6.45) is 0. The van der Waals surface area contributed by atoms with E-state index in [-0.39, 0.29) is 5.69 Å². The van der Waals surface area contributed by atoms with E-state index in [1.54, 1.807) is 6.07 Å². The van der Waals surface area contributed by atoms with Crippen molar-refractivity contribution in [3.05, 3.63) is 30.1 Å². The summed E-state index contributed by atoms with van der Waals surface area (Å²) in [4.78, 5) is 23.9. The third-order valence-electron chi connectivity index (χ3n) is 2.59. The Labute approximate surface area is 98.7 Å². The van der Waals surface area contributed by atoms with Gasteiger partial charge >= 0.3 is 5.97 Å². The molecule has 0 unspecified atom stereocenters. The van der Waals surface area contributed by atoms with Crippen LogP contribution in [0.25, 0.3) is 0 Å². The second-order valence-corrected chi connectivity index (χ2v) is 4.25. The van der Waals surface area contributed by atoms with Crippen molar-refractivity contribution >= 4 is 17.6 Å². The molecule has 0 aliphatic heterocycles. The summed E-state index contributed by atoms with van der Waals surface area (Å²) in [7, 11) is 1.35. The van der Waals surface area contributed by atoms with Crippen molar-refractivity contribution in [1.29, 1.82) is 0 Å². The SMILES string of the molecule is CN(C(=O)C(C)(C)C(=O)O)c1ccccc1F. The molecule has 1 rings (SSSR count). The van der Waals surface area contributed by atoms with Crippen molar-refractivity contribution in [2.45, 2.75) is 13.8 Å². The Morgan fingerprint density at radius 3 is 2.29 bits per heavy atom. The molecule has 0 heterocycles. The molecule has 1 aromatic rings. The van der Waals surface area contributed by atoms with Crippen LogP contribution in [-0.4, -0.2) is 24.0 Å². The maximum Gasteiger partial charge on any atom is 0.318 e. The summed E-state index contributed by atoms with van der Waals surface area (Å²) in [6.45, 7) is 2.57. The molecular formula is C12H14FNO3. The topological polar surface area (TPSA) is 57.6 Å². The van der Waals surface area contributed by atoms with Gasteiger partial charge in [0.1, 0.15) is 11.2 Å². The van der Waals surface area contributed by atoms with Gasteiger partial charge in [-0.05, 0) is 26.0 Å². The van der Waals surface area contributed by atoms with Crippen LogP contribution in [-0.2, 0) is 9.59 Å². The quantitative estimate of drug-likeness (QED) is 0.819. The minimum absolute atomic E-state index is 0.0619. The Bertz CT molecular complexity index is 457. The van der Waals surface area contributed by atoms with Gasteiger partial charge in [-0.25, -0.2) is 4.39 Å². The van der Waals surface area contributed by atoms with Crippen LogP contribution in [0.1, 0.15) is 13.8 Å². The van der Waals surface area contributed by atoms with E-state index in [0.29, 0.717) is 0 Å². The zero-order valence-corrected chi connectivity index (χ0v) is 9.90. The lowest BCUT2D eigenvalue weighted by molar-refractivity contribution is -0.152. The Hall–Kier alpha value is -1.91. The number of aliphatic carboxylic acids is 1. The number of hydrogen-bond donors (Lipinski definition) is 1. The van der Waals surface area contributed by atoms with Gasteiger partial charge in [-0.15, -0.1) is 0 Å². The van der Waals surface area contributed by atoms with Crippen molar-refractivity contribution in [2.24, 2.45) is 5.41 Å². The summed E-state index contributed by atoms with van der Waals surface area (Å²) < 4.78 is 13.4. The van der Waals surface area contributed by atoms with Crippen LogP contribution in [0.4, 0.5) is 10.1 Å². The molecule has 92 valence electrons. The lowest BCUT2D eigenvalue weighted by Gasteiger charge is -2.26. The first-order valence-corrected chi connectivity index (χ1v) is 5.04. The first kappa shape index (κ1) is 13.2. The molecule has 0 aliphatic carbocycles. The van der Waals surface area contributed by atoms with Crippen LogP contribution in [0, 0.1) is 11.2 Å². The van der Waals surface area contributed by atoms with Crippen LogP contribution in [0.3, 0.4) is 0 Å². The summed E-state index contributed by atoms with van der Waals surface area (Å²) in [5.74, 6) is -2.48. The molecule has 0 atom stereocenters. The first-order chi connectivity index (χ1) is 7.78. The number of carbonyl (C=O) groups is 2. The van der Waals surface area contributed by atoms with Crippen LogP contribution in [0.5, 0.6) is 0 Å². The molecular weight excluding hydrogens is 225 g/mol. The van der Waals surface area contributed by atoms with E-state index in [0.717, 1.165) is 4.90 Å². The molecule has 0 fully saturated rings. The molecule has 0 radical (unpaired) electrons. The van der Waals surface area contributed by atoms with Crippen LogP contribution >= 0.6 is 0 Å². The zero-order valence-electron chi connectivity index (χ0n) is 9.90. The number of nitrogens with zero attached hydrogens (tertiary/aromatic N) is 1. The van der Waals surface area contributed by atoms with E-state index in [1.807, 2.05) is 0 Å². The largest absolute Gasteiger partial charge is 0.480 e. The highest BCUT2D eigenvalue weighted by molar-refractivity contribution is 6.08. The molecule has 0 aliphatic rings. The van der Waals surface area contributed by atoms with Crippen LogP contribution in [0.15, 0.2) is 24.3 Å². The van der Waals surface area contributed by atoms with Gasteiger partial charge in [0.05, 0.1) is 5.69 Å². The molecule has 1 amide bonds. The number of amides is 1. The minimum Gasteiger partial charge on any atom is -0.480 e. The van der Waals surface area contributed by atoms with Crippen molar-refractivity contribution in [2.75, 3.05) is 11.9 Å². The highest BCUT2D eigenvalue weighted by Gasteiger charge is 2.39. The smallest absolute Gasteiger partial charge is 0.318 e. The summed E-state index contributed by atoms with van der Waals surface area (Å²) in [5, 5.41) is 8.94. The number of hydrogen-bond acceptors (Lipinski definition) is 2. The van der Waals surface area contributed by atoms with Gasteiger partial charge < -0.3 is 10.0 Å². The third-order valence-corrected chi connectivity index (χ3v) is 2.59. The lowest BCUT2D eigenvalue weighted by atomic mass is 9.92. The molecule has 4 nitrogen and oxygen atoms in total. The number of benzene rings is 1. The van der Waals surface area contributed by atoms with Gasteiger partial charge in [0.15, 0.2) is 0 Å². The van der Waals surface area contributed by atoms with Crippen molar-refractivity contribution in [3.63, 3.8) is 0 Å². The molecule has 0 aromatic heterocycles. The van der Waals surface area contributed by atoms with Crippen molar-refractivity contribution in [3.8, 4) is 0 Å². The van der Waals surface area contributed by atoms with Crippen molar-refractivity contribution < 1.29 is 19.1 Å². The highest BCUT2D eigenvalue weighted by atomic mass is 19.1. The molecule has 0 saturated carbocycles. The highest BCUT2D eigenvalue weighted by Crippen LogP contribution is 2.24. The van der Waals surface area contributed by atoms with Gasteiger partial charge in [-0.2, -0.15) is 0 Å². The Morgan fingerprint density at radius 1 is 1.29 bits per heavy atom. The number of halogens is 1. The molecule has 0 saturated heterocycles. The van der Waals surface area contributed by atoms with E-state index in [9.17, 15) is 14.0 Å². The van der Waals surface area contributed by atoms with E-state index >= 15 is 0 Å². The summed E-state index contributed by atoms with van der Waals surface area (Å²) >= 11 is 0. The predicted molar refractivity (Wildman–Crippen MR) is 61.2 cm³/mol. The van der Waals surface area contributed by atoms with E-state index in [1.165, 1.54) is 39.1 Å². The Morgan fingerprint density at radius 2 is 1.82 bits per heavy atom. The summed E-state index contributed by atoms with van der Waals surface area (Å²) in [6, 6.07) is 5.72. The average molecular weight is 239 g/mol. The fourth-order valence-electron chi connectivity index (χ4n) is 1.34. The monoisotopic (exact) mass is 239 g/mol. The van der Waals surface area contributed by atoms with E-state index in [4.69, 9.17) is 5.11 Å². The molecule has 1 aromatic carbocycles. The number of carbonyl (C=O) groups excluding carboxylic acids is 1.